The quantitative estimate of drug-likeness (QED) is 0.247. The Balaban J connectivity index is 1.52. The van der Waals surface area contributed by atoms with Gasteiger partial charge in [-0.05, 0) is 38.3 Å². The lowest BCUT2D eigenvalue weighted by atomic mass is 10.0. The number of rotatable bonds is 7. The van der Waals surface area contributed by atoms with Crippen LogP contribution in [0.5, 0.6) is 0 Å². The number of allylic oxidation sites excluding steroid dienone is 1. The molecule has 1 fully saturated rings. The molecule has 0 spiro atoms. The maximum absolute atomic E-state index is 12.7. The van der Waals surface area contributed by atoms with Crippen LogP contribution in [0.1, 0.15) is 24.8 Å². The summed E-state index contributed by atoms with van der Waals surface area (Å²) >= 11 is 1.45. The summed E-state index contributed by atoms with van der Waals surface area (Å²) in [5, 5.41) is 10.8. The second kappa shape index (κ2) is 10.4. The first kappa shape index (κ1) is 23.3. The van der Waals surface area contributed by atoms with Gasteiger partial charge in [-0.1, -0.05) is 65.9 Å². The van der Waals surface area contributed by atoms with Gasteiger partial charge < -0.3 is 4.90 Å². The molecular formula is C28H29N5OS. The van der Waals surface area contributed by atoms with Crippen molar-refractivity contribution in [3.05, 3.63) is 72.8 Å². The van der Waals surface area contributed by atoms with Crippen LogP contribution in [0.15, 0.2) is 72.4 Å². The predicted molar refractivity (Wildman–Crippen MR) is 142 cm³/mol. The van der Waals surface area contributed by atoms with Crippen molar-refractivity contribution < 1.29 is 4.79 Å². The Morgan fingerprint density at radius 3 is 2.60 bits per heavy atom. The topological polar surface area (TPSA) is 63.9 Å². The summed E-state index contributed by atoms with van der Waals surface area (Å²) in [6.45, 7) is 8.29. The number of para-hydroxylation sites is 1. The summed E-state index contributed by atoms with van der Waals surface area (Å²) in [7, 11) is 0. The van der Waals surface area contributed by atoms with E-state index >= 15 is 0 Å². The van der Waals surface area contributed by atoms with E-state index in [4.69, 9.17) is 4.98 Å². The smallest absolute Gasteiger partial charge is 0.233 e. The van der Waals surface area contributed by atoms with Crippen LogP contribution < -0.4 is 0 Å². The highest BCUT2D eigenvalue weighted by atomic mass is 32.2. The van der Waals surface area contributed by atoms with Gasteiger partial charge >= 0.3 is 0 Å². The van der Waals surface area contributed by atoms with Gasteiger partial charge in [-0.15, -0.1) is 16.8 Å². The van der Waals surface area contributed by atoms with Gasteiger partial charge in [0.05, 0.1) is 17.0 Å². The number of carbonyl (C=O) groups excluding carboxylic acids is 1. The van der Waals surface area contributed by atoms with Crippen molar-refractivity contribution >= 4 is 28.6 Å². The molecule has 2 aromatic heterocycles. The van der Waals surface area contributed by atoms with Gasteiger partial charge in [-0.25, -0.2) is 4.98 Å². The van der Waals surface area contributed by atoms with E-state index in [1.165, 1.54) is 23.7 Å². The van der Waals surface area contributed by atoms with Gasteiger partial charge in [0.15, 0.2) is 11.0 Å². The molecule has 0 N–H and O–H groups in total. The Morgan fingerprint density at radius 1 is 1.06 bits per heavy atom. The van der Waals surface area contributed by atoms with Crippen molar-refractivity contribution in [1.29, 1.82) is 0 Å². The van der Waals surface area contributed by atoms with Crippen molar-refractivity contribution in [2.45, 2.75) is 37.9 Å². The lowest BCUT2D eigenvalue weighted by Gasteiger charge is -2.26. The van der Waals surface area contributed by atoms with E-state index in [-0.39, 0.29) is 5.91 Å². The molecular weight excluding hydrogens is 454 g/mol. The molecule has 4 aromatic rings. The lowest BCUT2D eigenvalue weighted by Crippen LogP contribution is -2.36. The predicted octanol–water partition coefficient (Wildman–Crippen LogP) is 5.76. The highest BCUT2D eigenvalue weighted by molar-refractivity contribution is 7.99. The second-order valence-corrected chi connectivity index (χ2v) is 9.82. The van der Waals surface area contributed by atoms with Crippen LogP contribution >= 0.6 is 11.8 Å². The van der Waals surface area contributed by atoms with E-state index in [2.05, 4.69) is 60.1 Å². The highest BCUT2D eigenvalue weighted by Gasteiger charge is 2.21. The van der Waals surface area contributed by atoms with Gasteiger partial charge in [0.25, 0.3) is 0 Å². The summed E-state index contributed by atoms with van der Waals surface area (Å²) in [6, 6.07) is 18.6. The van der Waals surface area contributed by atoms with E-state index in [0.29, 0.717) is 12.3 Å². The van der Waals surface area contributed by atoms with Crippen molar-refractivity contribution in [2.75, 3.05) is 18.8 Å². The normalized spacial score (nSPS) is 13.8. The average Bonchev–Trinajstić information content (AvgIpc) is 3.30. The first-order valence-corrected chi connectivity index (χ1v) is 13.0. The summed E-state index contributed by atoms with van der Waals surface area (Å²) in [4.78, 5) is 19.6. The molecule has 1 aliphatic heterocycles. The fourth-order valence-corrected chi connectivity index (χ4v) is 5.33. The van der Waals surface area contributed by atoms with E-state index in [1.54, 1.807) is 0 Å². The number of pyridine rings is 1. The second-order valence-electron chi connectivity index (χ2n) is 8.87. The third kappa shape index (κ3) is 5.00. The summed E-state index contributed by atoms with van der Waals surface area (Å²) in [5.41, 5.74) is 5.03. The van der Waals surface area contributed by atoms with Crippen molar-refractivity contribution in [3.8, 4) is 22.6 Å². The molecule has 1 saturated heterocycles. The Morgan fingerprint density at radius 2 is 1.83 bits per heavy atom. The zero-order valence-corrected chi connectivity index (χ0v) is 20.8. The fraction of sp³-hybridized carbons (Fsp3) is 0.286. The van der Waals surface area contributed by atoms with Crippen LogP contribution in [-0.4, -0.2) is 49.4 Å². The van der Waals surface area contributed by atoms with Gasteiger partial charge in [0, 0.05) is 36.1 Å². The third-order valence-corrected chi connectivity index (χ3v) is 7.32. The van der Waals surface area contributed by atoms with Crippen LogP contribution in [0.2, 0.25) is 0 Å². The van der Waals surface area contributed by atoms with Crippen LogP contribution in [0, 0.1) is 6.92 Å². The number of aryl methyl sites for hydroxylation is 1. The van der Waals surface area contributed by atoms with Crippen LogP contribution in [0.3, 0.4) is 0 Å². The van der Waals surface area contributed by atoms with Crippen molar-refractivity contribution in [1.82, 2.24) is 24.6 Å². The van der Waals surface area contributed by atoms with Gasteiger partial charge in [-0.2, -0.15) is 0 Å². The van der Waals surface area contributed by atoms with Gasteiger partial charge in [0.2, 0.25) is 5.91 Å². The molecule has 0 unspecified atom stereocenters. The molecule has 0 radical (unpaired) electrons. The van der Waals surface area contributed by atoms with E-state index in [9.17, 15) is 4.79 Å². The molecule has 178 valence electrons. The minimum Gasteiger partial charge on any atom is -0.342 e. The number of aromatic nitrogens is 4. The minimum absolute atomic E-state index is 0.167. The van der Waals surface area contributed by atoms with Crippen LogP contribution in [-0.2, 0) is 11.3 Å². The number of thioether (sulfide) groups is 1. The number of piperidine rings is 1. The molecule has 0 bridgehead atoms. The molecule has 0 aliphatic carbocycles. The number of fused-ring (bicyclic) bond motifs is 1. The Kier molecular flexibility index (Phi) is 6.95. The Labute approximate surface area is 210 Å². The van der Waals surface area contributed by atoms with Crippen LogP contribution in [0.4, 0.5) is 0 Å². The zero-order valence-electron chi connectivity index (χ0n) is 20.0. The average molecular weight is 484 g/mol. The fourth-order valence-electron chi connectivity index (χ4n) is 4.48. The van der Waals surface area contributed by atoms with Crippen molar-refractivity contribution in [3.63, 3.8) is 0 Å². The Bertz CT molecular complexity index is 1360. The molecule has 2 aromatic carbocycles. The zero-order chi connectivity index (χ0) is 24.2. The van der Waals surface area contributed by atoms with Crippen molar-refractivity contribution in [2.24, 2.45) is 0 Å². The van der Waals surface area contributed by atoms with E-state index < -0.39 is 0 Å². The SMILES string of the molecule is C=CCn1c(SCC(=O)N2CCCCC2)nnc1-c1cc(-c2ccc(C)cc2)nc2ccccc12. The number of hydrogen-bond acceptors (Lipinski definition) is 5. The minimum atomic E-state index is 0.167. The van der Waals surface area contributed by atoms with E-state index in [1.807, 2.05) is 33.7 Å². The molecule has 5 rings (SSSR count). The molecule has 1 aliphatic rings. The highest BCUT2D eigenvalue weighted by Crippen LogP contribution is 2.33. The molecule has 3 heterocycles. The lowest BCUT2D eigenvalue weighted by molar-refractivity contribution is -0.129. The molecule has 0 saturated carbocycles. The first-order chi connectivity index (χ1) is 17.1. The number of carbonyl (C=O) groups is 1. The molecule has 0 atom stereocenters. The summed E-state index contributed by atoms with van der Waals surface area (Å²) in [6.07, 6.45) is 5.23. The third-order valence-electron chi connectivity index (χ3n) is 6.37. The van der Waals surface area contributed by atoms with E-state index in [0.717, 1.165) is 64.6 Å². The summed E-state index contributed by atoms with van der Waals surface area (Å²) in [5.74, 6) is 1.28. The number of nitrogens with zero attached hydrogens (tertiary/aromatic N) is 5. The number of hydrogen-bond donors (Lipinski definition) is 0. The Hall–Kier alpha value is -3.45. The maximum Gasteiger partial charge on any atom is 0.233 e. The van der Waals surface area contributed by atoms with Crippen LogP contribution in [0.25, 0.3) is 33.5 Å². The number of likely N-dealkylation sites (tertiary alicyclic amines) is 1. The standard InChI is InChI=1S/C28H29N5OS/c1-3-15-33-27(30-31-28(33)35-19-26(34)32-16-7-4-8-17-32)23-18-25(21-13-11-20(2)12-14-21)29-24-10-6-5-9-22(23)24/h3,5-6,9-14,18H,1,4,7-8,15-17,19H2,2H3. The molecule has 7 heteroatoms. The largest absolute Gasteiger partial charge is 0.342 e. The monoisotopic (exact) mass is 483 g/mol. The summed E-state index contributed by atoms with van der Waals surface area (Å²) < 4.78 is 2.04. The van der Waals surface area contributed by atoms with Gasteiger partial charge in [0.1, 0.15) is 0 Å². The maximum atomic E-state index is 12.7. The molecule has 35 heavy (non-hydrogen) atoms. The first-order valence-electron chi connectivity index (χ1n) is 12.1. The number of amides is 1. The van der Waals surface area contributed by atoms with Gasteiger partial charge in [-0.3, -0.25) is 9.36 Å². The molecule has 1 amide bonds. The number of benzene rings is 2. The molecule has 6 nitrogen and oxygen atoms in total.